The van der Waals surface area contributed by atoms with Crippen molar-refractivity contribution in [1.29, 1.82) is 0 Å². The monoisotopic (exact) mass is 284 g/mol. The fraction of sp³-hybridized carbons (Fsp3) is 0.833. The van der Waals surface area contributed by atoms with E-state index >= 15 is 0 Å². The Morgan fingerprint density at radius 3 is 0.706 bits per heavy atom. The second-order valence-electron chi connectivity index (χ2n) is 4.00. The minimum absolute atomic E-state index is 0. The molecule has 0 radical (unpaired) electrons. The Kier molecular flexibility index (Phi) is 44.4. The van der Waals surface area contributed by atoms with Gasteiger partial charge in [-0.1, -0.05) is 0 Å². The molecule has 5 heteroatoms. The number of aliphatic hydroxyl groups excluding tert-OH is 2. The third-order valence-corrected chi connectivity index (χ3v) is 0. The van der Waals surface area contributed by atoms with Crippen molar-refractivity contribution in [2.75, 3.05) is 0 Å². The van der Waals surface area contributed by atoms with Crippen LogP contribution in [0.25, 0.3) is 0 Å². The first-order valence-electron chi connectivity index (χ1n) is 5.23. The summed E-state index contributed by atoms with van der Waals surface area (Å²) in [5.74, 6) is 0.333. The van der Waals surface area contributed by atoms with E-state index in [1.165, 1.54) is 27.7 Å². The molecule has 0 heterocycles. The van der Waals surface area contributed by atoms with Crippen molar-refractivity contribution >= 4 is 11.6 Å². The molecule has 17 heavy (non-hydrogen) atoms. The van der Waals surface area contributed by atoms with Gasteiger partial charge in [-0.2, -0.15) is 0 Å². The molecular weight excluding hydrogens is 256 g/mol. The smallest absolute Gasteiger partial charge is 0.126 e. The summed E-state index contributed by atoms with van der Waals surface area (Å²) in [6.07, 6.45) is -0.333. The first-order chi connectivity index (χ1) is 6.93. The first kappa shape index (κ1) is 30.2. The van der Waals surface area contributed by atoms with E-state index in [2.05, 4.69) is 0 Å². The summed E-state index contributed by atoms with van der Waals surface area (Å²) in [7, 11) is 0. The summed E-state index contributed by atoms with van der Waals surface area (Å²) in [6.45, 7) is 13.0. The van der Waals surface area contributed by atoms with Crippen LogP contribution in [-0.4, -0.2) is 34.0 Å². The van der Waals surface area contributed by atoms with Crippen LogP contribution in [-0.2, 0) is 31.3 Å². The summed E-state index contributed by atoms with van der Waals surface area (Å²) in [6, 6.07) is 0. The maximum absolute atomic E-state index is 9.44. The van der Waals surface area contributed by atoms with Gasteiger partial charge in [-0.05, 0) is 55.4 Å². The van der Waals surface area contributed by atoms with Crippen molar-refractivity contribution in [3.63, 3.8) is 0 Å². The van der Waals surface area contributed by atoms with Crippen LogP contribution in [0.2, 0.25) is 0 Å². The molecule has 0 unspecified atom stereocenters. The molecule has 104 valence electrons. The van der Waals surface area contributed by atoms with Gasteiger partial charge in [-0.25, -0.2) is 0 Å². The van der Waals surface area contributed by atoms with Crippen molar-refractivity contribution in [2.45, 2.75) is 67.6 Å². The Labute approximate surface area is 121 Å². The molecule has 0 aliphatic heterocycles. The quantitative estimate of drug-likeness (QED) is 0.667. The number of carbonyl (C=O) groups excluding carboxylic acids is 2. The SMILES string of the molecule is CC(C)=O.CC(C)=O.CC(C)O.CC(C)O.[Ti]. The minimum Gasteiger partial charge on any atom is -0.394 e. The number of hydrogen-bond acceptors (Lipinski definition) is 4. The van der Waals surface area contributed by atoms with E-state index in [0.717, 1.165) is 0 Å². The van der Waals surface area contributed by atoms with E-state index in [4.69, 9.17) is 10.2 Å². The Balaban J connectivity index is -0.0000000369. The number of hydrogen-bond donors (Lipinski definition) is 2. The average Bonchev–Trinajstić information content (AvgIpc) is 1.76. The van der Waals surface area contributed by atoms with Crippen molar-refractivity contribution in [1.82, 2.24) is 0 Å². The Bertz CT molecular complexity index is 125. The third-order valence-electron chi connectivity index (χ3n) is 0. The first-order valence-corrected chi connectivity index (χ1v) is 5.23. The predicted molar refractivity (Wildman–Crippen MR) is 67.4 cm³/mol. The van der Waals surface area contributed by atoms with E-state index in [1.54, 1.807) is 27.7 Å². The molecule has 0 aromatic carbocycles. The summed E-state index contributed by atoms with van der Waals surface area (Å²) >= 11 is 0. The second-order valence-corrected chi connectivity index (χ2v) is 4.00. The summed E-state index contributed by atoms with van der Waals surface area (Å²) in [4.78, 5) is 18.9. The van der Waals surface area contributed by atoms with Crippen molar-refractivity contribution in [2.24, 2.45) is 0 Å². The molecule has 0 amide bonds. The standard InChI is InChI=1S/2C3H8O.2C3H6O.Ti/c4*1-3(2)4;/h2*3-4H,1-2H3;2*1-2H3;. The molecule has 0 rings (SSSR count). The van der Waals surface area contributed by atoms with Gasteiger partial charge in [0.1, 0.15) is 11.6 Å². The van der Waals surface area contributed by atoms with Gasteiger partial charge < -0.3 is 19.8 Å². The van der Waals surface area contributed by atoms with Crippen LogP contribution in [0.15, 0.2) is 0 Å². The molecule has 0 fully saturated rings. The number of Topliss-reactive ketones (excluding diaryl/α,β-unsaturated/α-hetero) is 2. The van der Waals surface area contributed by atoms with Crippen molar-refractivity contribution in [3.05, 3.63) is 0 Å². The largest absolute Gasteiger partial charge is 0.394 e. The van der Waals surface area contributed by atoms with E-state index in [-0.39, 0.29) is 45.5 Å². The van der Waals surface area contributed by atoms with Crippen LogP contribution in [0.1, 0.15) is 55.4 Å². The van der Waals surface area contributed by atoms with Gasteiger partial charge in [0.25, 0.3) is 0 Å². The molecule has 0 aliphatic rings. The molecule has 0 spiro atoms. The average molecular weight is 284 g/mol. The van der Waals surface area contributed by atoms with Crippen LogP contribution in [0.4, 0.5) is 0 Å². The number of aliphatic hydroxyl groups is 2. The van der Waals surface area contributed by atoms with Crippen molar-refractivity contribution < 1.29 is 41.5 Å². The molecule has 2 N–H and O–H groups in total. The molecule has 0 saturated heterocycles. The molecule has 0 bridgehead atoms. The van der Waals surface area contributed by atoms with Gasteiger partial charge in [-0.3, -0.25) is 0 Å². The van der Waals surface area contributed by atoms with E-state index in [0.29, 0.717) is 0 Å². The van der Waals surface area contributed by atoms with Gasteiger partial charge in [0.05, 0.1) is 0 Å². The molecular formula is C12H28O4Ti. The van der Waals surface area contributed by atoms with Crippen LogP contribution in [0, 0.1) is 0 Å². The number of ketones is 2. The zero-order valence-electron chi connectivity index (χ0n) is 12.4. The number of rotatable bonds is 0. The maximum Gasteiger partial charge on any atom is 0.126 e. The van der Waals surface area contributed by atoms with Crippen LogP contribution in [0.3, 0.4) is 0 Å². The molecule has 0 aromatic rings. The van der Waals surface area contributed by atoms with E-state index < -0.39 is 0 Å². The Hall–Kier alpha value is -0.0257. The number of carbonyl (C=O) groups is 2. The van der Waals surface area contributed by atoms with Gasteiger partial charge in [-0.15, -0.1) is 0 Å². The molecule has 4 nitrogen and oxygen atoms in total. The summed E-state index contributed by atoms with van der Waals surface area (Å²) < 4.78 is 0. The summed E-state index contributed by atoms with van der Waals surface area (Å²) in [5.41, 5.74) is 0. The molecule has 0 atom stereocenters. The molecule has 0 saturated carbocycles. The molecule has 0 aliphatic carbocycles. The fourth-order valence-corrected chi connectivity index (χ4v) is 0. The zero-order chi connectivity index (χ0) is 14.3. The van der Waals surface area contributed by atoms with Gasteiger partial charge in [0.2, 0.25) is 0 Å². The zero-order valence-corrected chi connectivity index (χ0v) is 13.9. The summed E-state index contributed by atoms with van der Waals surface area (Å²) in [5, 5.41) is 16.1. The topological polar surface area (TPSA) is 74.6 Å². The van der Waals surface area contributed by atoms with Gasteiger partial charge in [0, 0.05) is 33.9 Å². The van der Waals surface area contributed by atoms with Gasteiger partial charge >= 0.3 is 0 Å². The van der Waals surface area contributed by atoms with Gasteiger partial charge in [0.15, 0.2) is 0 Å². The molecule has 0 aromatic heterocycles. The van der Waals surface area contributed by atoms with Crippen molar-refractivity contribution in [3.8, 4) is 0 Å². The third kappa shape index (κ3) is 4720000. The maximum atomic E-state index is 9.44. The Morgan fingerprint density at radius 1 is 0.706 bits per heavy atom. The predicted octanol–water partition coefficient (Wildman–Crippen LogP) is 1.96. The normalized spacial score (nSPS) is 7.29. The second kappa shape index (κ2) is 25.0. The van der Waals surface area contributed by atoms with Crippen LogP contribution < -0.4 is 0 Å². The Morgan fingerprint density at radius 2 is 0.706 bits per heavy atom. The fourth-order valence-electron chi connectivity index (χ4n) is 0. The van der Waals surface area contributed by atoms with E-state index in [1.807, 2.05) is 0 Å². The van der Waals surface area contributed by atoms with Crippen LogP contribution in [0.5, 0.6) is 0 Å². The van der Waals surface area contributed by atoms with E-state index in [9.17, 15) is 9.59 Å². The minimum atomic E-state index is -0.167. The van der Waals surface area contributed by atoms with Crippen LogP contribution >= 0.6 is 0 Å².